The number of carbonyl (C=O) groups excluding carboxylic acids is 2. The lowest BCUT2D eigenvalue weighted by molar-refractivity contribution is -0.133. The highest BCUT2D eigenvalue weighted by molar-refractivity contribution is 6.07. The highest BCUT2D eigenvalue weighted by Gasteiger charge is 2.53. The molecule has 1 N–H and O–H groups in total. The maximum absolute atomic E-state index is 13.1. The van der Waals surface area contributed by atoms with Crippen molar-refractivity contribution in [2.75, 3.05) is 0 Å². The van der Waals surface area contributed by atoms with Crippen LogP contribution in [0.3, 0.4) is 0 Å². The van der Waals surface area contributed by atoms with E-state index in [2.05, 4.69) is 31.1 Å². The second-order valence-electron chi connectivity index (χ2n) is 9.25. The summed E-state index contributed by atoms with van der Waals surface area (Å²) >= 11 is 0. The molecule has 27 heavy (non-hydrogen) atoms. The summed E-state index contributed by atoms with van der Waals surface area (Å²) in [4.78, 5) is 31.6. The molecule has 1 aliphatic heterocycles. The monoisotopic (exact) mass is 368 g/mol. The second-order valence-corrected chi connectivity index (χ2v) is 9.25. The smallest absolute Gasteiger partial charge is 0.323 e. The molecule has 1 aliphatic carbocycles. The van der Waals surface area contributed by atoms with Crippen molar-refractivity contribution in [3.8, 4) is 0 Å². The van der Waals surface area contributed by atoms with E-state index in [0.717, 1.165) is 42.6 Å². The van der Waals surface area contributed by atoms with Gasteiger partial charge in [-0.15, -0.1) is 0 Å². The molecule has 144 valence electrons. The van der Waals surface area contributed by atoms with E-state index in [4.69, 9.17) is 0 Å². The van der Waals surface area contributed by atoms with Crippen LogP contribution >= 0.6 is 0 Å². The predicted molar refractivity (Wildman–Crippen MR) is 103 cm³/mol. The van der Waals surface area contributed by atoms with Crippen molar-refractivity contribution in [2.24, 2.45) is 11.3 Å². The summed E-state index contributed by atoms with van der Waals surface area (Å²) < 4.78 is 1.94. The van der Waals surface area contributed by atoms with Crippen molar-refractivity contribution >= 4 is 17.6 Å². The Morgan fingerprint density at radius 3 is 2.56 bits per heavy atom. The lowest BCUT2D eigenvalue weighted by atomic mass is 9.67. The van der Waals surface area contributed by atoms with Crippen molar-refractivity contribution in [3.05, 3.63) is 35.8 Å². The summed E-state index contributed by atoms with van der Waals surface area (Å²) in [5, 5.41) is 3.01. The van der Waals surface area contributed by atoms with Crippen LogP contribution in [0.5, 0.6) is 0 Å². The van der Waals surface area contributed by atoms with Gasteiger partial charge in [-0.1, -0.05) is 26.8 Å². The highest BCUT2D eigenvalue weighted by atomic mass is 16.2. The fourth-order valence-corrected chi connectivity index (χ4v) is 4.53. The van der Waals surface area contributed by atoms with Gasteiger partial charge in [0.2, 0.25) is 0 Å². The minimum atomic E-state index is -0.714. The molecular weight excluding hydrogens is 340 g/mol. The number of rotatable bonds is 2. The predicted octanol–water partition coefficient (Wildman–Crippen LogP) is 3.67. The van der Waals surface area contributed by atoms with Gasteiger partial charge in [0.1, 0.15) is 11.2 Å². The third-order valence-electron chi connectivity index (χ3n) is 6.28. The first kappa shape index (κ1) is 18.0. The number of aryl methyl sites for hydroxylation is 1. The van der Waals surface area contributed by atoms with E-state index in [1.54, 1.807) is 0 Å². The zero-order valence-electron chi connectivity index (χ0n) is 16.6. The minimum absolute atomic E-state index is 0.0897. The third-order valence-corrected chi connectivity index (χ3v) is 6.28. The lowest BCUT2D eigenvalue weighted by Crippen LogP contribution is -2.50. The van der Waals surface area contributed by atoms with Gasteiger partial charge >= 0.3 is 6.03 Å². The van der Waals surface area contributed by atoms with Gasteiger partial charge in [-0.05, 0) is 55.6 Å². The van der Waals surface area contributed by atoms with Crippen LogP contribution in [0.1, 0.15) is 57.7 Å². The summed E-state index contributed by atoms with van der Waals surface area (Å²) in [6.07, 6.45) is 7.27. The normalized spacial score (nSPS) is 26.2. The number of nitrogens with one attached hydrogen (secondary N) is 1. The van der Waals surface area contributed by atoms with Crippen molar-refractivity contribution in [2.45, 2.75) is 65.5 Å². The molecule has 1 spiro atoms. The molecule has 4 rings (SSSR count). The number of amides is 3. The van der Waals surface area contributed by atoms with E-state index >= 15 is 0 Å². The minimum Gasteiger partial charge on any atom is -0.323 e. The van der Waals surface area contributed by atoms with Crippen LogP contribution in [-0.2, 0) is 11.3 Å². The van der Waals surface area contributed by atoms with Crippen LogP contribution in [0.2, 0.25) is 0 Å². The van der Waals surface area contributed by atoms with Crippen LogP contribution in [0.25, 0.3) is 5.65 Å². The average Bonchev–Trinajstić information content (AvgIpc) is 3.08. The molecule has 2 aromatic heterocycles. The largest absolute Gasteiger partial charge is 0.325 e. The summed E-state index contributed by atoms with van der Waals surface area (Å²) in [6.45, 7) is 9.00. The van der Waals surface area contributed by atoms with E-state index in [-0.39, 0.29) is 23.9 Å². The van der Waals surface area contributed by atoms with E-state index < -0.39 is 5.54 Å². The van der Waals surface area contributed by atoms with Crippen molar-refractivity contribution < 1.29 is 9.59 Å². The molecule has 3 heterocycles. The van der Waals surface area contributed by atoms with E-state index in [0.29, 0.717) is 5.92 Å². The first-order valence-corrected chi connectivity index (χ1v) is 9.76. The summed E-state index contributed by atoms with van der Waals surface area (Å²) in [6, 6.07) is 3.66. The van der Waals surface area contributed by atoms with Gasteiger partial charge in [0, 0.05) is 12.4 Å². The SMILES string of the molecule is Cc1ccc2nc(CN3C(=O)NC4(CCC(C(C)(C)C)CC4)C3=O)cn2c1. The topological polar surface area (TPSA) is 66.7 Å². The van der Waals surface area contributed by atoms with Gasteiger partial charge in [-0.3, -0.25) is 9.69 Å². The van der Waals surface area contributed by atoms with E-state index in [9.17, 15) is 9.59 Å². The fraction of sp³-hybridized carbons (Fsp3) is 0.571. The Kier molecular flexibility index (Phi) is 4.05. The quantitative estimate of drug-likeness (QED) is 0.823. The zero-order chi connectivity index (χ0) is 19.4. The Bertz CT molecular complexity index is 901. The standard InChI is InChI=1S/C21H28N4O2/c1-14-5-6-17-22-16(12-24(17)11-14)13-25-18(26)21(23-19(25)27)9-7-15(8-10-21)20(2,3)4/h5-6,11-12,15H,7-10,13H2,1-4H3,(H,23,27). The Morgan fingerprint density at radius 2 is 1.89 bits per heavy atom. The molecule has 0 unspecified atom stereocenters. The summed E-state index contributed by atoms with van der Waals surface area (Å²) in [5.74, 6) is 0.497. The molecule has 6 heteroatoms. The molecule has 0 atom stereocenters. The van der Waals surface area contributed by atoms with Gasteiger partial charge in [-0.25, -0.2) is 9.78 Å². The summed E-state index contributed by atoms with van der Waals surface area (Å²) in [7, 11) is 0. The maximum atomic E-state index is 13.1. The summed E-state index contributed by atoms with van der Waals surface area (Å²) in [5.41, 5.74) is 2.21. The molecule has 3 amide bonds. The van der Waals surface area contributed by atoms with Gasteiger partial charge in [0.05, 0.1) is 12.2 Å². The highest BCUT2D eigenvalue weighted by Crippen LogP contribution is 2.43. The van der Waals surface area contributed by atoms with Crippen LogP contribution in [-0.4, -0.2) is 31.8 Å². The first-order chi connectivity index (χ1) is 12.7. The Morgan fingerprint density at radius 1 is 1.19 bits per heavy atom. The Balaban J connectivity index is 1.51. The number of urea groups is 1. The molecular formula is C21H28N4O2. The number of fused-ring (bicyclic) bond motifs is 1. The van der Waals surface area contributed by atoms with Gasteiger partial charge in [-0.2, -0.15) is 0 Å². The average molecular weight is 368 g/mol. The molecule has 1 saturated carbocycles. The number of imide groups is 1. The maximum Gasteiger partial charge on any atom is 0.325 e. The Hall–Kier alpha value is -2.37. The number of hydrogen-bond donors (Lipinski definition) is 1. The molecule has 2 fully saturated rings. The van der Waals surface area contributed by atoms with Gasteiger partial charge < -0.3 is 9.72 Å². The third kappa shape index (κ3) is 3.11. The molecule has 1 saturated heterocycles. The molecule has 0 aromatic carbocycles. The Labute approximate surface area is 159 Å². The molecule has 0 radical (unpaired) electrons. The van der Waals surface area contributed by atoms with E-state index in [1.165, 1.54) is 4.90 Å². The fourth-order valence-electron chi connectivity index (χ4n) is 4.53. The van der Waals surface area contributed by atoms with Gasteiger partial charge in [0.25, 0.3) is 5.91 Å². The van der Waals surface area contributed by atoms with Crippen molar-refractivity contribution in [1.82, 2.24) is 19.6 Å². The zero-order valence-corrected chi connectivity index (χ0v) is 16.6. The lowest BCUT2D eigenvalue weighted by Gasteiger charge is -2.40. The number of carbonyl (C=O) groups is 2. The van der Waals surface area contributed by atoms with Crippen LogP contribution in [0, 0.1) is 18.3 Å². The molecule has 0 bridgehead atoms. The number of imidazole rings is 1. The molecule has 2 aromatic rings. The molecule has 6 nitrogen and oxygen atoms in total. The number of hydrogen-bond acceptors (Lipinski definition) is 3. The molecule has 2 aliphatic rings. The number of pyridine rings is 1. The van der Waals surface area contributed by atoms with E-state index in [1.807, 2.05) is 35.9 Å². The second kappa shape index (κ2) is 6.08. The van der Waals surface area contributed by atoms with Gasteiger partial charge in [0.15, 0.2) is 0 Å². The van der Waals surface area contributed by atoms with Crippen LogP contribution in [0.15, 0.2) is 24.5 Å². The number of aromatic nitrogens is 2. The van der Waals surface area contributed by atoms with Crippen LogP contribution < -0.4 is 5.32 Å². The first-order valence-electron chi connectivity index (χ1n) is 9.76. The van der Waals surface area contributed by atoms with Crippen LogP contribution in [0.4, 0.5) is 4.79 Å². The van der Waals surface area contributed by atoms with Crippen molar-refractivity contribution in [3.63, 3.8) is 0 Å². The van der Waals surface area contributed by atoms with Crippen molar-refractivity contribution in [1.29, 1.82) is 0 Å². The number of nitrogens with zero attached hydrogens (tertiary/aromatic N) is 3.